The maximum atomic E-state index is 13.4. The van der Waals surface area contributed by atoms with Crippen LogP contribution < -0.4 is 9.46 Å². The van der Waals surface area contributed by atoms with Crippen molar-refractivity contribution in [3.8, 4) is 5.75 Å². The van der Waals surface area contributed by atoms with E-state index in [4.69, 9.17) is 4.74 Å². The van der Waals surface area contributed by atoms with Gasteiger partial charge in [-0.25, -0.2) is 14.1 Å². The van der Waals surface area contributed by atoms with E-state index in [1.807, 2.05) is 32.9 Å². The molecule has 3 rings (SSSR count). The summed E-state index contributed by atoms with van der Waals surface area (Å²) in [6.45, 7) is 5.69. The van der Waals surface area contributed by atoms with E-state index in [-0.39, 0.29) is 12.4 Å². The first kappa shape index (κ1) is 17.7. The first-order valence-corrected chi connectivity index (χ1v) is 8.84. The molecule has 132 valence electrons. The molecule has 1 aliphatic heterocycles. The van der Waals surface area contributed by atoms with E-state index in [0.29, 0.717) is 5.75 Å². The molecule has 7 heteroatoms. The van der Waals surface area contributed by atoms with Crippen LogP contribution in [0.4, 0.5) is 4.39 Å². The van der Waals surface area contributed by atoms with Gasteiger partial charge in [-0.05, 0) is 62.2 Å². The summed E-state index contributed by atoms with van der Waals surface area (Å²) in [5, 5.41) is 0. The minimum atomic E-state index is -2.33. The van der Waals surface area contributed by atoms with Gasteiger partial charge in [-0.3, -0.25) is 4.21 Å². The summed E-state index contributed by atoms with van der Waals surface area (Å²) in [6.07, 6.45) is 0. The molecule has 0 bridgehead atoms. The number of aliphatic imine (C=N–C) groups is 1. The lowest BCUT2D eigenvalue weighted by Gasteiger charge is -2.31. The summed E-state index contributed by atoms with van der Waals surface area (Å²) in [5.74, 6) is 0.329. The Labute approximate surface area is 148 Å². The van der Waals surface area contributed by atoms with Crippen molar-refractivity contribution in [3.05, 3.63) is 64.5 Å². The van der Waals surface area contributed by atoms with Gasteiger partial charge in [0.25, 0.3) is 0 Å². The van der Waals surface area contributed by atoms with E-state index in [1.54, 1.807) is 12.1 Å². The van der Waals surface area contributed by atoms with Crippen molar-refractivity contribution in [2.24, 2.45) is 4.99 Å². The van der Waals surface area contributed by atoms with E-state index in [0.717, 1.165) is 28.0 Å². The van der Waals surface area contributed by atoms with Crippen molar-refractivity contribution in [3.63, 3.8) is 0 Å². The van der Waals surface area contributed by atoms with Crippen molar-refractivity contribution in [2.45, 2.75) is 33.0 Å². The van der Waals surface area contributed by atoms with Crippen LogP contribution in [0.5, 0.6) is 5.75 Å². The fourth-order valence-electron chi connectivity index (χ4n) is 2.82. The third-order valence-electron chi connectivity index (χ3n) is 3.88. The minimum Gasteiger partial charge on any atom is -0.760 e. The highest BCUT2D eigenvalue weighted by Crippen LogP contribution is 2.34. The molecule has 1 heterocycles. The van der Waals surface area contributed by atoms with Gasteiger partial charge in [0, 0.05) is 28.9 Å². The lowest BCUT2D eigenvalue weighted by Crippen LogP contribution is -2.32. The van der Waals surface area contributed by atoms with Crippen molar-refractivity contribution < 1.29 is 17.9 Å². The van der Waals surface area contributed by atoms with E-state index in [2.05, 4.69) is 9.71 Å². The summed E-state index contributed by atoms with van der Waals surface area (Å²) in [7, 11) is 0. The van der Waals surface area contributed by atoms with Gasteiger partial charge in [0.15, 0.2) is 5.72 Å². The Balaban J connectivity index is 2.06. The minimum absolute atomic E-state index is 0.176. The highest BCUT2D eigenvalue weighted by molar-refractivity contribution is 7.77. The zero-order valence-electron chi connectivity index (χ0n) is 14.1. The molecule has 0 saturated carbocycles. The molecule has 0 aliphatic carbocycles. The van der Waals surface area contributed by atoms with Gasteiger partial charge in [-0.1, -0.05) is 6.07 Å². The molecule has 5 nitrogen and oxygen atoms in total. The number of nitrogens with zero attached hydrogens (tertiary/aromatic N) is 1. The van der Waals surface area contributed by atoms with Crippen LogP contribution in [-0.2, 0) is 17.8 Å². The van der Waals surface area contributed by atoms with Crippen molar-refractivity contribution in [1.82, 2.24) is 4.72 Å². The molecule has 0 amide bonds. The normalized spacial score (nSPS) is 16.6. The Morgan fingerprint density at radius 1 is 1.24 bits per heavy atom. The Morgan fingerprint density at radius 3 is 2.64 bits per heavy atom. The summed E-state index contributed by atoms with van der Waals surface area (Å²) in [5.41, 5.74) is 3.14. The quantitative estimate of drug-likeness (QED) is 0.851. The predicted molar refractivity (Wildman–Crippen MR) is 93.7 cm³/mol. The number of fused-ring (bicyclic) bond motifs is 1. The average molecular weight is 361 g/mol. The number of ether oxygens (including phenoxy) is 1. The number of aryl methyl sites for hydroxylation is 1. The number of hydrogen-bond donors (Lipinski definition) is 1. The Bertz CT molecular complexity index is 881. The summed E-state index contributed by atoms with van der Waals surface area (Å²) < 4.78 is 43.1. The highest BCUT2D eigenvalue weighted by Gasteiger charge is 2.29. The molecule has 0 saturated heterocycles. The van der Waals surface area contributed by atoms with E-state index in [9.17, 15) is 13.2 Å². The van der Waals surface area contributed by atoms with Crippen molar-refractivity contribution >= 4 is 17.0 Å². The zero-order valence-corrected chi connectivity index (χ0v) is 14.9. The van der Waals surface area contributed by atoms with Gasteiger partial charge in [-0.2, -0.15) is 0 Å². The summed E-state index contributed by atoms with van der Waals surface area (Å²) in [6, 6.07) is 10.1. The van der Waals surface area contributed by atoms with Crippen LogP contribution in [-0.4, -0.2) is 20.2 Å². The Hall–Kier alpha value is -2.09. The summed E-state index contributed by atoms with van der Waals surface area (Å²) in [4.78, 5) is 4.68. The molecule has 1 N–H and O–H groups in total. The SMILES string of the molecule is Cc1cc(F)ccc1C1=NC(C)(C)Oc2cc(CNS(=O)[O-])ccc21. The average Bonchev–Trinajstić information content (AvgIpc) is 2.51. The lowest BCUT2D eigenvalue weighted by molar-refractivity contribution is 0.115. The van der Waals surface area contributed by atoms with Crippen LogP contribution in [0, 0.1) is 12.7 Å². The van der Waals surface area contributed by atoms with Crippen LogP contribution in [0.2, 0.25) is 0 Å². The van der Waals surface area contributed by atoms with Crippen LogP contribution in [0.25, 0.3) is 0 Å². The molecule has 2 aromatic carbocycles. The van der Waals surface area contributed by atoms with E-state index in [1.165, 1.54) is 12.1 Å². The predicted octanol–water partition coefficient (Wildman–Crippen LogP) is 2.98. The molecule has 1 aliphatic rings. The third-order valence-corrected chi connectivity index (χ3v) is 4.26. The van der Waals surface area contributed by atoms with Gasteiger partial charge in [0.05, 0.1) is 5.71 Å². The molecular weight excluding hydrogens is 343 g/mol. The molecule has 1 unspecified atom stereocenters. The van der Waals surface area contributed by atoms with Gasteiger partial charge in [-0.15, -0.1) is 0 Å². The number of benzene rings is 2. The van der Waals surface area contributed by atoms with Crippen LogP contribution in [0.1, 0.15) is 36.1 Å². The zero-order chi connectivity index (χ0) is 18.2. The number of nitrogens with one attached hydrogen (secondary N) is 1. The summed E-state index contributed by atoms with van der Waals surface area (Å²) >= 11 is -2.33. The fourth-order valence-corrected chi connectivity index (χ4v) is 3.10. The first-order chi connectivity index (χ1) is 11.7. The number of hydrogen-bond acceptors (Lipinski definition) is 4. The second-order valence-electron chi connectivity index (χ2n) is 6.35. The van der Waals surface area contributed by atoms with Crippen LogP contribution in [0.3, 0.4) is 0 Å². The Kier molecular flexibility index (Phi) is 4.73. The number of rotatable bonds is 4. The molecule has 0 spiro atoms. The lowest BCUT2D eigenvalue weighted by atomic mass is 9.94. The van der Waals surface area contributed by atoms with Gasteiger partial charge in [0.2, 0.25) is 0 Å². The molecule has 25 heavy (non-hydrogen) atoms. The maximum Gasteiger partial charge on any atom is 0.195 e. The largest absolute Gasteiger partial charge is 0.760 e. The monoisotopic (exact) mass is 361 g/mol. The van der Waals surface area contributed by atoms with Crippen LogP contribution >= 0.6 is 0 Å². The van der Waals surface area contributed by atoms with Gasteiger partial charge in [0.1, 0.15) is 11.6 Å². The highest BCUT2D eigenvalue weighted by atomic mass is 32.2. The standard InChI is InChI=1S/C18H19FN2O3S/c1-11-8-13(19)5-7-14(11)17-15-6-4-12(10-20-25(22)23)9-16(15)24-18(2,3)21-17/h4-9,20H,10H2,1-3H3,(H,22,23)/p-1. The molecule has 0 aromatic heterocycles. The Morgan fingerprint density at radius 2 is 1.96 bits per heavy atom. The van der Waals surface area contributed by atoms with Crippen LogP contribution in [0.15, 0.2) is 41.4 Å². The second kappa shape index (κ2) is 6.67. The van der Waals surface area contributed by atoms with Crippen molar-refractivity contribution in [2.75, 3.05) is 0 Å². The molecular formula is C18H18FN2O3S-. The second-order valence-corrected chi connectivity index (χ2v) is 7.11. The third kappa shape index (κ3) is 3.95. The van der Waals surface area contributed by atoms with Gasteiger partial charge >= 0.3 is 0 Å². The molecule has 0 fully saturated rings. The number of halogens is 1. The van der Waals surface area contributed by atoms with Gasteiger partial charge < -0.3 is 9.29 Å². The molecule has 2 aromatic rings. The topological polar surface area (TPSA) is 73.8 Å². The van der Waals surface area contributed by atoms with E-state index >= 15 is 0 Å². The van der Waals surface area contributed by atoms with E-state index < -0.39 is 17.0 Å². The molecule has 0 radical (unpaired) electrons. The fraction of sp³-hybridized carbons (Fsp3) is 0.278. The first-order valence-electron chi connectivity index (χ1n) is 7.77. The molecule has 1 atom stereocenters. The maximum absolute atomic E-state index is 13.4. The smallest absolute Gasteiger partial charge is 0.195 e. The van der Waals surface area contributed by atoms with Crippen molar-refractivity contribution in [1.29, 1.82) is 0 Å².